The molecule has 0 fully saturated rings. The quantitative estimate of drug-likeness (QED) is 0.748. The van der Waals surface area contributed by atoms with Crippen molar-refractivity contribution in [1.29, 1.82) is 0 Å². The fourth-order valence-corrected chi connectivity index (χ4v) is 3.25. The molecule has 0 spiro atoms. The first-order chi connectivity index (χ1) is 10.1. The molecule has 0 unspecified atom stereocenters. The van der Waals surface area contributed by atoms with E-state index in [1.165, 1.54) is 12.1 Å². The normalized spacial score (nSPS) is 10.7. The molecule has 0 bridgehead atoms. The number of carboxylic acid groups (broad SMARTS) is 1. The highest BCUT2D eigenvalue weighted by Crippen LogP contribution is 2.28. The molecule has 4 nitrogen and oxygen atoms in total. The van der Waals surface area contributed by atoms with Gasteiger partial charge in [0, 0.05) is 0 Å². The number of fused-ring (bicyclic) bond motifs is 1. The standard InChI is InChI=1S/C15H10BrNO3S/c16-10-7-9(15(18)19)5-6-12(10)20-8-14-17-11-3-1-2-4-13(11)21-14/h1-7H,8H2,(H,18,19). The van der Waals surface area contributed by atoms with E-state index in [1.54, 1.807) is 17.4 Å². The van der Waals surface area contributed by atoms with Crippen LogP contribution in [0.2, 0.25) is 0 Å². The number of nitrogens with zero attached hydrogens (tertiary/aromatic N) is 1. The average molecular weight is 364 g/mol. The number of rotatable bonds is 4. The lowest BCUT2D eigenvalue weighted by atomic mass is 10.2. The molecule has 1 N–H and O–H groups in total. The molecular formula is C15H10BrNO3S. The van der Waals surface area contributed by atoms with E-state index < -0.39 is 5.97 Å². The maximum Gasteiger partial charge on any atom is 0.335 e. The van der Waals surface area contributed by atoms with Crippen LogP contribution in [0.3, 0.4) is 0 Å². The van der Waals surface area contributed by atoms with Crippen LogP contribution in [-0.4, -0.2) is 16.1 Å². The highest BCUT2D eigenvalue weighted by molar-refractivity contribution is 9.10. The van der Waals surface area contributed by atoms with Crippen LogP contribution in [-0.2, 0) is 6.61 Å². The van der Waals surface area contributed by atoms with E-state index in [1.807, 2.05) is 24.3 Å². The Morgan fingerprint density at radius 3 is 2.81 bits per heavy atom. The Bertz CT molecular complexity index is 783. The number of carbonyl (C=O) groups is 1. The summed E-state index contributed by atoms with van der Waals surface area (Å²) in [7, 11) is 0. The number of thiazole rings is 1. The van der Waals surface area contributed by atoms with E-state index in [0.29, 0.717) is 16.8 Å². The van der Waals surface area contributed by atoms with Crippen molar-refractivity contribution in [3.8, 4) is 5.75 Å². The lowest BCUT2D eigenvalue weighted by molar-refractivity contribution is 0.0696. The molecule has 0 amide bonds. The Morgan fingerprint density at radius 1 is 1.29 bits per heavy atom. The van der Waals surface area contributed by atoms with Gasteiger partial charge in [-0.3, -0.25) is 0 Å². The van der Waals surface area contributed by atoms with Crippen molar-refractivity contribution in [3.05, 3.63) is 57.5 Å². The predicted molar refractivity (Wildman–Crippen MR) is 85.1 cm³/mol. The molecule has 6 heteroatoms. The molecule has 0 radical (unpaired) electrons. The average Bonchev–Trinajstić information content (AvgIpc) is 2.88. The largest absolute Gasteiger partial charge is 0.485 e. The Balaban J connectivity index is 1.76. The molecule has 106 valence electrons. The van der Waals surface area contributed by atoms with Gasteiger partial charge in [-0.25, -0.2) is 9.78 Å². The lowest BCUT2D eigenvalue weighted by Crippen LogP contribution is -1.99. The summed E-state index contributed by atoms with van der Waals surface area (Å²) in [6.07, 6.45) is 0. The number of benzene rings is 2. The number of ether oxygens (including phenoxy) is 1. The van der Waals surface area contributed by atoms with Crippen molar-refractivity contribution in [1.82, 2.24) is 4.98 Å². The Hall–Kier alpha value is -1.92. The number of hydrogen-bond donors (Lipinski definition) is 1. The van der Waals surface area contributed by atoms with Crippen LogP contribution < -0.4 is 4.74 Å². The maximum atomic E-state index is 10.9. The van der Waals surface area contributed by atoms with Gasteiger partial charge in [-0.1, -0.05) is 12.1 Å². The van der Waals surface area contributed by atoms with E-state index in [0.717, 1.165) is 15.2 Å². The third-order valence-corrected chi connectivity index (χ3v) is 4.50. The number of hydrogen-bond acceptors (Lipinski definition) is 4. The summed E-state index contributed by atoms with van der Waals surface area (Å²) in [6, 6.07) is 12.6. The molecule has 2 aromatic carbocycles. The molecule has 0 saturated carbocycles. The molecule has 0 aliphatic carbocycles. The second-order valence-corrected chi connectivity index (χ2v) is 6.28. The van der Waals surface area contributed by atoms with Crippen molar-refractivity contribution < 1.29 is 14.6 Å². The molecule has 21 heavy (non-hydrogen) atoms. The van der Waals surface area contributed by atoms with Gasteiger partial charge in [0.25, 0.3) is 0 Å². The zero-order valence-corrected chi connectivity index (χ0v) is 13.1. The first kappa shape index (κ1) is 14.0. The summed E-state index contributed by atoms with van der Waals surface area (Å²) in [6.45, 7) is 0.352. The van der Waals surface area contributed by atoms with Gasteiger partial charge in [-0.15, -0.1) is 11.3 Å². The summed E-state index contributed by atoms with van der Waals surface area (Å²) >= 11 is 4.90. The van der Waals surface area contributed by atoms with Gasteiger partial charge in [0.1, 0.15) is 17.4 Å². The van der Waals surface area contributed by atoms with Crippen LogP contribution in [0.25, 0.3) is 10.2 Å². The van der Waals surface area contributed by atoms with Crippen LogP contribution in [0.4, 0.5) is 0 Å². The predicted octanol–water partition coefficient (Wildman–Crippen LogP) is 4.34. The highest BCUT2D eigenvalue weighted by atomic mass is 79.9. The molecule has 3 aromatic rings. The van der Waals surface area contributed by atoms with Gasteiger partial charge >= 0.3 is 5.97 Å². The van der Waals surface area contributed by atoms with Crippen molar-refractivity contribution >= 4 is 43.5 Å². The van der Waals surface area contributed by atoms with Gasteiger partial charge in [0.05, 0.1) is 20.3 Å². The molecule has 1 heterocycles. The fourth-order valence-electron chi connectivity index (χ4n) is 1.87. The van der Waals surface area contributed by atoms with Crippen LogP contribution in [0, 0.1) is 0 Å². The van der Waals surface area contributed by atoms with Crippen molar-refractivity contribution in [2.24, 2.45) is 0 Å². The van der Waals surface area contributed by atoms with E-state index in [9.17, 15) is 4.79 Å². The molecule has 0 atom stereocenters. The number of aromatic nitrogens is 1. The zero-order chi connectivity index (χ0) is 14.8. The molecule has 0 saturated heterocycles. The Morgan fingerprint density at radius 2 is 2.10 bits per heavy atom. The van der Waals surface area contributed by atoms with Crippen LogP contribution >= 0.6 is 27.3 Å². The summed E-state index contributed by atoms with van der Waals surface area (Å²) < 4.78 is 7.43. The summed E-state index contributed by atoms with van der Waals surface area (Å²) in [5.74, 6) is -0.368. The number of para-hydroxylation sites is 1. The zero-order valence-electron chi connectivity index (χ0n) is 10.7. The van der Waals surface area contributed by atoms with Crippen LogP contribution in [0.15, 0.2) is 46.9 Å². The lowest BCUT2D eigenvalue weighted by Gasteiger charge is -2.07. The van der Waals surface area contributed by atoms with Gasteiger partial charge in [-0.05, 0) is 46.3 Å². The smallest absolute Gasteiger partial charge is 0.335 e. The fraction of sp³-hybridized carbons (Fsp3) is 0.0667. The molecule has 0 aliphatic rings. The summed E-state index contributed by atoms with van der Waals surface area (Å²) in [5.41, 5.74) is 1.18. The van der Waals surface area contributed by atoms with E-state index in [-0.39, 0.29) is 5.56 Å². The molecule has 0 aliphatic heterocycles. The first-order valence-electron chi connectivity index (χ1n) is 6.13. The summed E-state index contributed by atoms with van der Waals surface area (Å²) in [5, 5.41) is 9.80. The first-order valence-corrected chi connectivity index (χ1v) is 7.74. The third kappa shape index (κ3) is 3.06. The second kappa shape index (κ2) is 5.83. The third-order valence-electron chi connectivity index (χ3n) is 2.87. The van der Waals surface area contributed by atoms with Crippen LogP contribution in [0.1, 0.15) is 15.4 Å². The van der Waals surface area contributed by atoms with E-state index >= 15 is 0 Å². The van der Waals surface area contributed by atoms with Gasteiger partial charge < -0.3 is 9.84 Å². The molecular weight excluding hydrogens is 354 g/mol. The van der Waals surface area contributed by atoms with Crippen molar-refractivity contribution in [3.63, 3.8) is 0 Å². The van der Waals surface area contributed by atoms with Crippen LogP contribution in [0.5, 0.6) is 5.75 Å². The van der Waals surface area contributed by atoms with Gasteiger partial charge in [-0.2, -0.15) is 0 Å². The van der Waals surface area contributed by atoms with Crippen molar-refractivity contribution in [2.45, 2.75) is 6.61 Å². The van der Waals surface area contributed by atoms with E-state index in [2.05, 4.69) is 20.9 Å². The highest BCUT2D eigenvalue weighted by Gasteiger charge is 2.09. The Labute approximate surface area is 133 Å². The minimum absolute atomic E-state index is 0.217. The van der Waals surface area contributed by atoms with Gasteiger partial charge in [0.2, 0.25) is 0 Å². The number of halogens is 1. The number of aromatic carboxylic acids is 1. The molecule has 3 rings (SSSR count). The van der Waals surface area contributed by atoms with E-state index in [4.69, 9.17) is 9.84 Å². The Kier molecular flexibility index (Phi) is 3.90. The maximum absolute atomic E-state index is 10.9. The second-order valence-electron chi connectivity index (χ2n) is 4.31. The summed E-state index contributed by atoms with van der Waals surface area (Å²) in [4.78, 5) is 15.4. The minimum atomic E-state index is -0.964. The number of carboxylic acids is 1. The van der Waals surface area contributed by atoms with Crippen molar-refractivity contribution in [2.75, 3.05) is 0 Å². The topological polar surface area (TPSA) is 59.4 Å². The minimum Gasteiger partial charge on any atom is -0.485 e. The SMILES string of the molecule is O=C(O)c1ccc(OCc2nc3ccccc3s2)c(Br)c1. The molecule has 1 aromatic heterocycles. The van der Waals surface area contributed by atoms with Gasteiger partial charge in [0.15, 0.2) is 0 Å². The monoisotopic (exact) mass is 363 g/mol.